The van der Waals surface area contributed by atoms with E-state index in [2.05, 4.69) is 23.5 Å². The van der Waals surface area contributed by atoms with Gasteiger partial charge in [-0.3, -0.25) is 10.2 Å². The zero-order valence-electron chi connectivity index (χ0n) is 9.25. The Balaban J connectivity index is 3.79. The van der Waals surface area contributed by atoms with Gasteiger partial charge in [0.1, 0.15) is 0 Å². The molecule has 0 spiro atoms. The van der Waals surface area contributed by atoms with Gasteiger partial charge in [0.05, 0.1) is 0 Å². The molecular weight excluding hydrogens is 198 g/mol. The number of hydrogen-bond donors (Lipinski definition) is 2. The Hall–Kier alpha value is -0.260. The molecule has 1 amide bonds. The molecular formula is C9H21N3OS. The fourth-order valence-corrected chi connectivity index (χ4v) is 2.16. The van der Waals surface area contributed by atoms with Crippen LogP contribution in [0.1, 0.15) is 19.8 Å². The molecule has 0 aliphatic rings. The van der Waals surface area contributed by atoms with Crippen LogP contribution in [0, 0.1) is 0 Å². The number of nitrogens with two attached hydrogens (primary N) is 1. The van der Waals surface area contributed by atoms with Crippen LogP contribution in [0.3, 0.4) is 0 Å². The molecule has 0 aliphatic carbocycles. The third kappa shape index (κ3) is 5.47. The SMILES string of the molecule is CCC(CSC)N(C)CCC(=O)NN. The number of amides is 1. The van der Waals surface area contributed by atoms with Crippen molar-refractivity contribution in [1.82, 2.24) is 10.3 Å². The molecule has 0 fully saturated rings. The third-order valence-corrected chi connectivity index (χ3v) is 3.02. The predicted molar refractivity (Wildman–Crippen MR) is 62.0 cm³/mol. The zero-order valence-corrected chi connectivity index (χ0v) is 10.1. The van der Waals surface area contributed by atoms with Crippen LogP contribution in [-0.2, 0) is 4.79 Å². The maximum atomic E-state index is 10.9. The molecule has 0 aliphatic heterocycles. The van der Waals surface area contributed by atoms with Crippen LogP contribution < -0.4 is 11.3 Å². The lowest BCUT2D eigenvalue weighted by Gasteiger charge is -2.26. The van der Waals surface area contributed by atoms with E-state index in [4.69, 9.17) is 5.84 Å². The van der Waals surface area contributed by atoms with Crippen molar-refractivity contribution in [1.29, 1.82) is 0 Å². The first-order chi connectivity index (χ1) is 6.65. The number of nitrogens with zero attached hydrogens (tertiary/aromatic N) is 1. The second-order valence-electron chi connectivity index (χ2n) is 3.32. The maximum absolute atomic E-state index is 10.9. The highest BCUT2D eigenvalue weighted by Gasteiger charge is 2.12. The molecule has 5 heteroatoms. The van der Waals surface area contributed by atoms with Gasteiger partial charge in [0.15, 0.2) is 0 Å². The van der Waals surface area contributed by atoms with Gasteiger partial charge in [0, 0.05) is 24.8 Å². The van der Waals surface area contributed by atoms with E-state index >= 15 is 0 Å². The predicted octanol–water partition coefficient (Wildman–Crippen LogP) is 0.440. The fourth-order valence-electron chi connectivity index (χ4n) is 1.28. The fraction of sp³-hybridized carbons (Fsp3) is 0.889. The summed E-state index contributed by atoms with van der Waals surface area (Å²) in [6, 6.07) is 0.551. The summed E-state index contributed by atoms with van der Waals surface area (Å²) in [4.78, 5) is 13.1. The minimum Gasteiger partial charge on any atom is -0.302 e. The van der Waals surface area contributed by atoms with Gasteiger partial charge in [0.2, 0.25) is 5.91 Å². The topological polar surface area (TPSA) is 58.4 Å². The number of rotatable bonds is 7. The van der Waals surface area contributed by atoms with E-state index in [-0.39, 0.29) is 5.91 Å². The average Bonchev–Trinajstić information content (AvgIpc) is 2.21. The lowest BCUT2D eigenvalue weighted by molar-refractivity contribution is -0.121. The zero-order chi connectivity index (χ0) is 11.0. The largest absolute Gasteiger partial charge is 0.302 e. The Labute approximate surface area is 90.6 Å². The van der Waals surface area contributed by atoms with Gasteiger partial charge >= 0.3 is 0 Å². The van der Waals surface area contributed by atoms with Gasteiger partial charge in [-0.05, 0) is 19.7 Å². The molecule has 84 valence electrons. The van der Waals surface area contributed by atoms with Crippen LogP contribution in [0.4, 0.5) is 0 Å². The molecule has 4 nitrogen and oxygen atoms in total. The number of hydrogen-bond acceptors (Lipinski definition) is 4. The van der Waals surface area contributed by atoms with Crippen molar-refractivity contribution in [3.05, 3.63) is 0 Å². The van der Waals surface area contributed by atoms with E-state index in [0.29, 0.717) is 12.5 Å². The highest BCUT2D eigenvalue weighted by atomic mass is 32.2. The van der Waals surface area contributed by atoms with Crippen LogP contribution in [0.25, 0.3) is 0 Å². The van der Waals surface area contributed by atoms with E-state index < -0.39 is 0 Å². The highest BCUT2D eigenvalue weighted by molar-refractivity contribution is 7.98. The van der Waals surface area contributed by atoms with Crippen molar-refractivity contribution in [2.75, 3.05) is 25.6 Å². The van der Waals surface area contributed by atoms with Crippen molar-refractivity contribution in [3.63, 3.8) is 0 Å². The molecule has 1 unspecified atom stereocenters. The summed E-state index contributed by atoms with van der Waals surface area (Å²) in [6.07, 6.45) is 3.68. The van der Waals surface area contributed by atoms with Crippen molar-refractivity contribution in [2.45, 2.75) is 25.8 Å². The standard InChI is InChI=1S/C9H21N3OS/c1-4-8(7-14-3)12(2)6-5-9(13)11-10/h8H,4-7,10H2,1-3H3,(H,11,13). The van der Waals surface area contributed by atoms with Gasteiger partial charge < -0.3 is 4.90 Å². The molecule has 0 aromatic rings. The van der Waals surface area contributed by atoms with E-state index in [1.807, 2.05) is 18.8 Å². The van der Waals surface area contributed by atoms with Crippen LogP contribution in [0.5, 0.6) is 0 Å². The number of hydrazine groups is 1. The molecule has 0 aromatic carbocycles. The monoisotopic (exact) mass is 219 g/mol. The smallest absolute Gasteiger partial charge is 0.235 e. The summed E-state index contributed by atoms with van der Waals surface area (Å²) >= 11 is 1.84. The molecule has 3 N–H and O–H groups in total. The molecule has 0 bridgehead atoms. The van der Waals surface area contributed by atoms with Gasteiger partial charge in [0.25, 0.3) is 0 Å². The number of carbonyl (C=O) groups is 1. The first-order valence-electron chi connectivity index (χ1n) is 4.84. The van der Waals surface area contributed by atoms with Gasteiger partial charge in [-0.2, -0.15) is 11.8 Å². The Bertz CT molecular complexity index is 166. The van der Waals surface area contributed by atoms with Crippen LogP contribution in [0.2, 0.25) is 0 Å². The molecule has 0 saturated carbocycles. The lowest BCUT2D eigenvalue weighted by Crippen LogP contribution is -2.38. The minimum atomic E-state index is -0.101. The van der Waals surface area contributed by atoms with Crippen molar-refractivity contribution in [2.24, 2.45) is 5.84 Å². The molecule has 0 heterocycles. The third-order valence-electron chi connectivity index (χ3n) is 2.31. The van der Waals surface area contributed by atoms with Crippen LogP contribution in [0.15, 0.2) is 0 Å². The molecule has 1 atom stereocenters. The van der Waals surface area contributed by atoms with Crippen molar-refractivity contribution in [3.8, 4) is 0 Å². The normalized spacial score (nSPS) is 12.9. The summed E-state index contributed by atoms with van der Waals surface area (Å²) in [5, 5.41) is 0. The lowest BCUT2D eigenvalue weighted by atomic mass is 10.2. The molecule has 0 radical (unpaired) electrons. The summed E-state index contributed by atoms with van der Waals surface area (Å²) in [6.45, 7) is 2.93. The Kier molecular flexibility index (Phi) is 7.93. The van der Waals surface area contributed by atoms with Gasteiger partial charge in [-0.1, -0.05) is 6.92 Å². The summed E-state index contributed by atoms with van der Waals surface area (Å²) in [5.74, 6) is 6.01. The Morgan fingerprint density at radius 3 is 2.71 bits per heavy atom. The van der Waals surface area contributed by atoms with E-state index in [0.717, 1.165) is 18.7 Å². The maximum Gasteiger partial charge on any atom is 0.235 e. The van der Waals surface area contributed by atoms with Crippen LogP contribution in [-0.4, -0.2) is 42.4 Å². The van der Waals surface area contributed by atoms with E-state index in [9.17, 15) is 4.79 Å². The van der Waals surface area contributed by atoms with Crippen LogP contribution >= 0.6 is 11.8 Å². The Morgan fingerprint density at radius 2 is 2.29 bits per heavy atom. The molecule has 0 rings (SSSR count). The number of nitrogens with one attached hydrogen (secondary N) is 1. The van der Waals surface area contributed by atoms with Gasteiger partial charge in [-0.25, -0.2) is 5.84 Å². The summed E-state index contributed by atoms with van der Waals surface area (Å²) < 4.78 is 0. The number of carbonyl (C=O) groups excluding carboxylic acids is 1. The second kappa shape index (κ2) is 8.08. The average molecular weight is 219 g/mol. The molecule has 0 aromatic heterocycles. The first-order valence-corrected chi connectivity index (χ1v) is 6.23. The van der Waals surface area contributed by atoms with Crippen molar-refractivity contribution < 1.29 is 4.79 Å². The van der Waals surface area contributed by atoms with E-state index in [1.165, 1.54) is 0 Å². The highest BCUT2D eigenvalue weighted by Crippen LogP contribution is 2.08. The minimum absolute atomic E-state index is 0.101. The van der Waals surface area contributed by atoms with E-state index in [1.54, 1.807) is 0 Å². The number of thioether (sulfide) groups is 1. The first kappa shape index (κ1) is 13.7. The molecule has 14 heavy (non-hydrogen) atoms. The summed E-state index contributed by atoms with van der Waals surface area (Å²) in [5.41, 5.74) is 2.14. The van der Waals surface area contributed by atoms with Gasteiger partial charge in [-0.15, -0.1) is 0 Å². The Morgan fingerprint density at radius 1 is 1.64 bits per heavy atom. The second-order valence-corrected chi connectivity index (χ2v) is 4.23. The van der Waals surface area contributed by atoms with Crippen molar-refractivity contribution >= 4 is 17.7 Å². The molecule has 0 saturated heterocycles. The summed E-state index contributed by atoms with van der Waals surface area (Å²) in [7, 11) is 2.05. The quantitative estimate of drug-likeness (QED) is 0.370.